The molecule has 0 atom stereocenters. The maximum atomic E-state index is 12.0. The van der Waals surface area contributed by atoms with E-state index in [0.717, 1.165) is 35.7 Å². The molecule has 1 saturated carbocycles. The maximum Gasteiger partial charge on any atom is 0.244 e. The number of amides is 1. The summed E-state index contributed by atoms with van der Waals surface area (Å²) in [5.74, 6) is -0.138. The largest absolute Gasteiger partial charge is 0.394 e. The highest BCUT2D eigenvalue weighted by Crippen LogP contribution is 2.27. The molecule has 108 valence electrons. The first-order chi connectivity index (χ1) is 9.63. The molecule has 0 aliphatic heterocycles. The zero-order chi connectivity index (χ0) is 14.4. The molecular weight excluding hydrogens is 318 g/mol. The predicted octanol–water partition coefficient (Wildman–Crippen LogP) is 3.27. The second-order valence-corrected chi connectivity index (χ2v) is 6.29. The Hall–Kier alpha value is -1.13. The third-order valence-corrected chi connectivity index (χ3v) is 4.27. The van der Waals surface area contributed by atoms with Crippen LogP contribution in [0.3, 0.4) is 0 Å². The molecule has 3 nitrogen and oxygen atoms in total. The molecule has 0 spiro atoms. The topological polar surface area (TPSA) is 49.3 Å². The summed E-state index contributed by atoms with van der Waals surface area (Å²) in [6.45, 7) is 0.0173. The van der Waals surface area contributed by atoms with Gasteiger partial charge in [-0.05, 0) is 36.6 Å². The van der Waals surface area contributed by atoms with Crippen LogP contribution in [0.5, 0.6) is 0 Å². The Morgan fingerprint density at radius 1 is 1.35 bits per heavy atom. The van der Waals surface area contributed by atoms with Gasteiger partial charge in [0.25, 0.3) is 0 Å². The molecule has 0 heterocycles. The lowest BCUT2D eigenvalue weighted by atomic mass is 9.82. The Morgan fingerprint density at radius 2 is 2.10 bits per heavy atom. The minimum Gasteiger partial charge on any atom is -0.394 e. The van der Waals surface area contributed by atoms with Crippen molar-refractivity contribution < 1.29 is 9.90 Å². The number of hydrogen-bond donors (Lipinski definition) is 2. The highest BCUT2D eigenvalue weighted by molar-refractivity contribution is 9.10. The second kappa shape index (κ2) is 7.04. The summed E-state index contributed by atoms with van der Waals surface area (Å²) in [5, 5.41) is 12.5. The van der Waals surface area contributed by atoms with Gasteiger partial charge in [0.05, 0.1) is 12.1 Å². The predicted molar refractivity (Wildman–Crippen MR) is 84.2 cm³/mol. The molecular formula is C16H20BrNO2. The quantitative estimate of drug-likeness (QED) is 0.828. The average molecular weight is 338 g/mol. The lowest BCUT2D eigenvalue weighted by Crippen LogP contribution is -2.52. The van der Waals surface area contributed by atoms with Crippen LogP contribution in [0.15, 0.2) is 34.8 Å². The number of halogens is 1. The van der Waals surface area contributed by atoms with Gasteiger partial charge >= 0.3 is 0 Å². The monoisotopic (exact) mass is 337 g/mol. The lowest BCUT2D eigenvalue weighted by molar-refractivity contribution is -0.119. The van der Waals surface area contributed by atoms with Crippen molar-refractivity contribution in [2.24, 2.45) is 0 Å². The van der Waals surface area contributed by atoms with Gasteiger partial charge in [0.1, 0.15) is 0 Å². The maximum absolute atomic E-state index is 12.0. The van der Waals surface area contributed by atoms with Gasteiger partial charge in [0, 0.05) is 10.5 Å². The van der Waals surface area contributed by atoms with Gasteiger partial charge in [-0.2, -0.15) is 0 Å². The number of carbonyl (C=O) groups is 1. The Labute approximate surface area is 128 Å². The average Bonchev–Trinajstić information content (AvgIpc) is 2.46. The molecule has 2 N–H and O–H groups in total. The van der Waals surface area contributed by atoms with Crippen molar-refractivity contribution in [2.75, 3.05) is 6.61 Å². The van der Waals surface area contributed by atoms with E-state index in [-0.39, 0.29) is 12.5 Å². The minimum absolute atomic E-state index is 0.0173. The molecule has 1 amide bonds. The van der Waals surface area contributed by atoms with Crippen molar-refractivity contribution in [1.82, 2.24) is 5.32 Å². The van der Waals surface area contributed by atoms with Gasteiger partial charge in [-0.1, -0.05) is 47.3 Å². The summed E-state index contributed by atoms with van der Waals surface area (Å²) < 4.78 is 0.985. The van der Waals surface area contributed by atoms with Crippen LogP contribution < -0.4 is 5.32 Å². The summed E-state index contributed by atoms with van der Waals surface area (Å²) in [4.78, 5) is 12.0. The smallest absolute Gasteiger partial charge is 0.244 e. The van der Waals surface area contributed by atoms with E-state index in [0.29, 0.717) is 0 Å². The van der Waals surface area contributed by atoms with Crippen LogP contribution in [0.1, 0.15) is 37.7 Å². The fourth-order valence-electron chi connectivity index (χ4n) is 2.64. The number of benzene rings is 1. The van der Waals surface area contributed by atoms with E-state index in [2.05, 4.69) is 21.2 Å². The first-order valence-electron chi connectivity index (χ1n) is 7.00. The SMILES string of the molecule is O=C(C=Cc1cccc(Br)c1)NC1(CO)CCCCC1. The third-order valence-electron chi connectivity index (χ3n) is 3.78. The molecule has 1 aromatic rings. The zero-order valence-corrected chi connectivity index (χ0v) is 13.0. The molecule has 1 fully saturated rings. The molecule has 1 aliphatic carbocycles. The first kappa shape index (κ1) is 15.3. The van der Waals surface area contributed by atoms with E-state index in [1.807, 2.05) is 24.3 Å². The normalized spacial score (nSPS) is 18.1. The van der Waals surface area contributed by atoms with Crippen LogP contribution in [0.4, 0.5) is 0 Å². The number of rotatable bonds is 4. The van der Waals surface area contributed by atoms with Gasteiger partial charge in [-0.15, -0.1) is 0 Å². The van der Waals surface area contributed by atoms with Crippen LogP contribution >= 0.6 is 15.9 Å². The van der Waals surface area contributed by atoms with Crippen molar-refractivity contribution in [3.05, 3.63) is 40.4 Å². The molecule has 1 aliphatic rings. The van der Waals surface area contributed by atoms with Crippen molar-refractivity contribution >= 4 is 27.9 Å². The number of nitrogens with one attached hydrogen (secondary N) is 1. The van der Waals surface area contributed by atoms with Crippen molar-refractivity contribution in [3.8, 4) is 0 Å². The first-order valence-corrected chi connectivity index (χ1v) is 7.80. The van der Waals surface area contributed by atoms with E-state index in [1.54, 1.807) is 6.08 Å². The van der Waals surface area contributed by atoms with Crippen LogP contribution in [-0.2, 0) is 4.79 Å². The number of carbonyl (C=O) groups excluding carboxylic acids is 1. The van der Waals surface area contributed by atoms with Crippen LogP contribution in [0, 0.1) is 0 Å². The standard InChI is InChI=1S/C16H20BrNO2/c17-14-6-4-5-13(11-14)7-8-15(20)18-16(12-19)9-2-1-3-10-16/h4-8,11,19H,1-3,9-10,12H2,(H,18,20). The van der Waals surface area contributed by atoms with Gasteiger partial charge in [-0.3, -0.25) is 4.79 Å². The lowest BCUT2D eigenvalue weighted by Gasteiger charge is -2.36. The fraction of sp³-hybridized carbons (Fsp3) is 0.438. The molecule has 1 aromatic carbocycles. The van der Waals surface area contributed by atoms with Crippen molar-refractivity contribution in [3.63, 3.8) is 0 Å². The molecule has 0 saturated heterocycles. The van der Waals surface area contributed by atoms with Crippen LogP contribution in [-0.4, -0.2) is 23.2 Å². The summed E-state index contributed by atoms with van der Waals surface area (Å²) in [6, 6.07) is 7.77. The Bertz CT molecular complexity index is 493. The highest BCUT2D eigenvalue weighted by Gasteiger charge is 2.32. The van der Waals surface area contributed by atoms with E-state index in [1.165, 1.54) is 12.5 Å². The Morgan fingerprint density at radius 3 is 2.75 bits per heavy atom. The summed E-state index contributed by atoms with van der Waals surface area (Å²) in [7, 11) is 0. The van der Waals surface area contributed by atoms with E-state index in [9.17, 15) is 9.90 Å². The summed E-state index contributed by atoms with van der Waals surface area (Å²) in [6.07, 6.45) is 8.36. The zero-order valence-electron chi connectivity index (χ0n) is 11.4. The van der Waals surface area contributed by atoms with Gasteiger partial charge in [0.15, 0.2) is 0 Å². The van der Waals surface area contributed by atoms with Crippen molar-refractivity contribution in [1.29, 1.82) is 0 Å². The van der Waals surface area contributed by atoms with Gasteiger partial charge in [0.2, 0.25) is 5.91 Å². The molecule has 0 aromatic heterocycles. The molecule has 0 bridgehead atoms. The molecule has 4 heteroatoms. The third kappa shape index (κ3) is 4.18. The van der Waals surface area contributed by atoms with Gasteiger partial charge < -0.3 is 10.4 Å². The summed E-state index contributed by atoms with van der Waals surface area (Å²) in [5.41, 5.74) is 0.549. The molecule has 20 heavy (non-hydrogen) atoms. The fourth-order valence-corrected chi connectivity index (χ4v) is 3.05. The van der Waals surface area contributed by atoms with Crippen LogP contribution in [0.25, 0.3) is 6.08 Å². The number of aliphatic hydroxyl groups excluding tert-OH is 1. The Balaban J connectivity index is 1.97. The second-order valence-electron chi connectivity index (χ2n) is 5.38. The minimum atomic E-state index is -0.420. The molecule has 0 unspecified atom stereocenters. The summed E-state index contributed by atoms with van der Waals surface area (Å²) >= 11 is 3.40. The van der Waals surface area contributed by atoms with E-state index >= 15 is 0 Å². The molecule has 0 radical (unpaired) electrons. The van der Waals surface area contributed by atoms with E-state index < -0.39 is 5.54 Å². The van der Waals surface area contributed by atoms with Gasteiger partial charge in [-0.25, -0.2) is 0 Å². The highest BCUT2D eigenvalue weighted by atomic mass is 79.9. The van der Waals surface area contributed by atoms with Crippen molar-refractivity contribution in [2.45, 2.75) is 37.6 Å². The van der Waals surface area contributed by atoms with E-state index in [4.69, 9.17) is 0 Å². The molecule has 2 rings (SSSR count). The van der Waals surface area contributed by atoms with Crippen LogP contribution in [0.2, 0.25) is 0 Å². The number of hydrogen-bond acceptors (Lipinski definition) is 2. The number of aliphatic hydroxyl groups is 1. The Kier molecular flexibility index (Phi) is 5.38.